The van der Waals surface area contributed by atoms with E-state index in [2.05, 4.69) is 10.2 Å². The first kappa shape index (κ1) is 21.6. The van der Waals surface area contributed by atoms with Crippen LogP contribution in [0.25, 0.3) is 0 Å². The zero-order valence-electron chi connectivity index (χ0n) is 15.5. The highest BCUT2D eigenvalue weighted by molar-refractivity contribution is 7.88. The van der Waals surface area contributed by atoms with Crippen molar-refractivity contribution in [2.24, 2.45) is 0 Å². The van der Waals surface area contributed by atoms with Crippen molar-refractivity contribution >= 4 is 22.4 Å². The normalized spacial score (nSPS) is 22.1. The third kappa shape index (κ3) is 6.20. The van der Waals surface area contributed by atoms with Gasteiger partial charge in [0, 0.05) is 25.7 Å². The summed E-state index contributed by atoms with van der Waals surface area (Å²) in [5.41, 5.74) is 0.870. The maximum Gasteiger partial charge on any atom is 0.218 e. The Hall–Kier alpha value is -0.660. The van der Waals surface area contributed by atoms with Gasteiger partial charge in [0.2, 0.25) is 10.0 Å². The molecular formula is C19H32ClN3O2S. The van der Waals surface area contributed by atoms with Crippen LogP contribution in [0.2, 0.25) is 0 Å². The van der Waals surface area contributed by atoms with E-state index in [1.807, 2.05) is 30.3 Å². The second-order valence-electron chi connectivity index (χ2n) is 7.26. The first-order valence-corrected chi connectivity index (χ1v) is 11.2. The summed E-state index contributed by atoms with van der Waals surface area (Å²) < 4.78 is 28.1. The van der Waals surface area contributed by atoms with E-state index in [-0.39, 0.29) is 24.2 Å². The molecule has 2 aliphatic heterocycles. The fourth-order valence-electron chi connectivity index (χ4n) is 3.92. The van der Waals surface area contributed by atoms with E-state index < -0.39 is 10.0 Å². The van der Waals surface area contributed by atoms with Crippen LogP contribution in [0.1, 0.15) is 37.7 Å². The van der Waals surface area contributed by atoms with Gasteiger partial charge >= 0.3 is 0 Å². The maximum atomic E-state index is 13.2. The van der Waals surface area contributed by atoms with Crippen LogP contribution in [0.4, 0.5) is 0 Å². The molecule has 7 heteroatoms. The molecule has 1 unspecified atom stereocenters. The molecule has 1 aromatic rings. The molecule has 1 atom stereocenters. The Morgan fingerprint density at radius 3 is 2.46 bits per heavy atom. The Balaban J connectivity index is 0.00000243. The summed E-state index contributed by atoms with van der Waals surface area (Å²) in [7, 11) is -3.31. The molecule has 2 fully saturated rings. The highest BCUT2D eigenvalue weighted by Crippen LogP contribution is 2.19. The van der Waals surface area contributed by atoms with Crippen molar-refractivity contribution < 1.29 is 8.42 Å². The molecule has 1 aromatic carbocycles. The molecule has 2 heterocycles. The number of likely N-dealkylation sites (tertiary alicyclic amines) is 1. The zero-order chi connectivity index (χ0) is 17.5. The Morgan fingerprint density at radius 2 is 1.81 bits per heavy atom. The van der Waals surface area contributed by atoms with E-state index in [0.29, 0.717) is 6.54 Å². The van der Waals surface area contributed by atoms with Gasteiger partial charge in [-0.05, 0) is 50.9 Å². The van der Waals surface area contributed by atoms with Crippen molar-refractivity contribution in [3.05, 3.63) is 35.9 Å². The smallest absolute Gasteiger partial charge is 0.218 e. The van der Waals surface area contributed by atoms with Crippen molar-refractivity contribution in [3.8, 4) is 0 Å². The minimum Gasteiger partial charge on any atom is -0.315 e. The van der Waals surface area contributed by atoms with Gasteiger partial charge in [-0.25, -0.2) is 8.42 Å². The van der Waals surface area contributed by atoms with Crippen molar-refractivity contribution in [1.82, 2.24) is 14.5 Å². The molecule has 148 valence electrons. The molecular weight excluding hydrogens is 370 g/mol. The maximum absolute atomic E-state index is 13.2. The number of hydrogen-bond donors (Lipinski definition) is 1. The van der Waals surface area contributed by atoms with Gasteiger partial charge in [-0.15, -0.1) is 12.4 Å². The lowest BCUT2D eigenvalue weighted by atomic mass is 10.1. The number of nitrogens with one attached hydrogen (secondary N) is 1. The zero-order valence-corrected chi connectivity index (χ0v) is 17.1. The first-order chi connectivity index (χ1) is 12.1. The molecule has 0 aliphatic carbocycles. The highest BCUT2D eigenvalue weighted by Gasteiger charge is 2.31. The summed E-state index contributed by atoms with van der Waals surface area (Å²) in [4.78, 5) is 2.42. The number of hydrogen-bond acceptors (Lipinski definition) is 4. The topological polar surface area (TPSA) is 52.7 Å². The van der Waals surface area contributed by atoms with E-state index in [1.165, 1.54) is 19.3 Å². The van der Waals surface area contributed by atoms with Crippen molar-refractivity contribution in [3.63, 3.8) is 0 Å². The molecule has 0 saturated carbocycles. The Labute approximate surface area is 164 Å². The molecule has 26 heavy (non-hydrogen) atoms. The fourth-order valence-corrected chi connectivity index (χ4v) is 5.69. The molecule has 5 nitrogen and oxygen atoms in total. The SMILES string of the molecule is Cl.O=S(=O)(Cc1ccccc1)N(CCN1CCCCC1)C1CCCNC1. The number of nitrogens with zero attached hydrogens (tertiary/aromatic N) is 2. The van der Waals surface area contributed by atoms with Crippen LogP contribution in [0.3, 0.4) is 0 Å². The third-order valence-corrected chi connectivity index (χ3v) is 7.21. The lowest BCUT2D eigenvalue weighted by Crippen LogP contribution is -2.51. The molecule has 0 amide bonds. The van der Waals surface area contributed by atoms with Gasteiger partial charge in [-0.2, -0.15) is 4.31 Å². The Morgan fingerprint density at radius 1 is 1.08 bits per heavy atom. The quantitative estimate of drug-likeness (QED) is 0.762. The van der Waals surface area contributed by atoms with Crippen LogP contribution in [-0.4, -0.2) is 62.9 Å². The van der Waals surface area contributed by atoms with Crippen molar-refractivity contribution in [1.29, 1.82) is 0 Å². The molecule has 0 aromatic heterocycles. The summed E-state index contributed by atoms with van der Waals surface area (Å²) in [6, 6.07) is 9.64. The minimum atomic E-state index is -3.31. The number of piperidine rings is 2. The standard InChI is InChI=1S/C19H31N3O2S.ClH/c23-25(24,17-18-8-3-1-4-9-18)22(19-10-7-11-20-16-19)15-14-21-12-5-2-6-13-21;/h1,3-4,8-9,19-20H,2,5-7,10-17H2;1H. The van der Waals surface area contributed by atoms with Crippen LogP contribution in [0.5, 0.6) is 0 Å². The summed E-state index contributed by atoms with van der Waals surface area (Å²) in [6.07, 6.45) is 5.79. The fraction of sp³-hybridized carbons (Fsp3) is 0.684. The number of benzene rings is 1. The number of halogens is 1. The lowest BCUT2D eigenvalue weighted by Gasteiger charge is -2.36. The summed E-state index contributed by atoms with van der Waals surface area (Å²) in [5.74, 6) is 0.102. The first-order valence-electron chi connectivity index (χ1n) is 9.62. The Kier molecular flexibility index (Phi) is 8.84. The third-order valence-electron chi connectivity index (χ3n) is 5.31. The monoisotopic (exact) mass is 401 g/mol. The van der Waals surface area contributed by atoms with Crippen LogP contribution in [-0.2, 0) is 15.8 Å². The van der Waals surface area contributed by atoms with Gasteiger partial charge in [0.05, 0.1) is 5.75 Å². The van der Waals surface area contributed by atoms with Gasteiger partial charge in [-0.3, -0.25) is 0 Å². The average Bonchev–Trinajstić information content (AvgIpc) is 2.64. The van der Waals surface area contributed by atoms with Crippen LogP contribution < -0.4 is 5.32 Å². The van der Waals surface area contributed by atoms with E-state index >= 15 is 0 Å². The van der Waals surface area contributed by atoms with Crippen LogP contribution in [0.15, 0.2) is 30.3 Å². The van der Waals surface area contributed by atoms with Gasteiger partial charge in [0.25, 0.3) is 0 Å². The largest absolute Gasteiger partial charge is 0.315 e. The molecule has 1 N–H and O–H groups in total. The summed E-state index contributed by atoms with van der Waals surface area (Å²) in [6.45, 7) is 5.44. The molecule has 2 saturated heterocycles. The summed E-state index contributed by atoms with van der Waals surface area (Å²) in [5, 5.41) is 3.37. The predicted molar refractivity (Wildman–Crippen MR) is 109 cm³/mol. The van der Waals surface area contributed by atoms with Crippen molar-refractivity contribution in [2.75, 3.05) is 39.3 Å². The average molecular weight is 402 g/mol. The van der Waals surface area contributed by atoms with E-state index in [9.17, 15) is 8.42 Å². The number of sulfonamides is 1. The predicted octanol–water partition coefficient (Wildman–Crippen LogP) is 2.48. The number of rotatable bonds is 7. The van der Waals surface area contributed by atoms with E-state index in [4.69, 9.17) is 0 Å². The van der Waals surface area contributed by atoms with Gasteiger partial charge in [0.1, 0.15) is 0 Å². The molecule has 0 bridgehead atoms. The second kappa shape index (κ2) is 10.6. The highest BCUT2D eigenvalue weighted by atomic mass is 35.5. The van der Waals surface area contributed by atoms with Gasteiger partial charge in [0.15, 0.2) is 0 Å². The van der Waals surface area contributed by atoms with Gasteiger partial charge < -0.3 is 10.2 Å². The van der Waals surface area contributed by atoms with Gasteiger partial charge in [-0.1, -0.05) is 36.8 Å². The van der Waals surface area contributed by atoms with E-state index in [1.54, 1.807) is 4.31 Å². The Bertz CT molecular complexity index is 615. The molecule has 3 rings (SSSR count). The minimum absolute atomic E-state index is 0. The molecule has 0 spiro atoms. The van der Waals surface area contributed by atoms with Crippen LogP contribution >= 0.6 is 12.4 Å². The molecule has 0 radical (unpaired) electrons. The van der Waals surface area contributed by atoms with E-state index in [0.717, 1.165) is 51.1 Å². The summed E-state index contributed by atoms with van der Waals surface area (Å²) >= 11 is 0. The van der Waals surface area contributed by atoms with Crippen LogP contribution in [0, 0.1) is 0 Å². The molecule has 2 aliphatic rings. The second-order valence-corrected chi connectivity index (χ2v) is 9.18. The van der Waals surface area contributed by atoms with Crippen molar-refractivity contribution in [2.45, 2.75) is 43.9 Å². The lowest BCUT2D eigenvalue weighted by molar-refractivity contribution is 0.189.